The Hall–Kier alpha value is -4.39. The molecular weight excluding hydrogens is 598 g/mol. The molecule has 0 aliphatic carbocycles. The van der Waals surface area contributed by atoms with Crippen LogP contribution in [0, 0.1) is 5.82 Å². The summed E-state index contributed by atoms with van der Waals surface area (Å²) in [5, 5.41) is 6.99. The summed E-state index contributed by atoms with van der Waals surface area (Å²) in [4.78, 5) is 32.4. The Bertz CT molecular complexity index is 1660. The first-order valence-corrected chi connectivity index (χ1v) is 13.1. The Kier molecular flexibility index (Phi) is 9.76. The zero-order chi connectivity index (χ0) is 30.4. The summed E-state index contributed by atoms with van der Waals surface area (Å²) in [6, 6.07) is 13.0. The summed E-state index contributed by atoms with van der Waals surface area (Å²) < 4.78 is 88.5. The van der Waals surface area contributed by atoms with Crippen LogP contribution in [0.3, 0.4) is 0 Å². The smallest absolute Gasteiger partial charge is 0.416 e. The van der Waals surface area contributed by atoms with E-state index in [9.17, 15) is 27.2 Å². The SMILES string of the molecule is COC(=O)Nc1nc2ccc(Sc3ccc(NC(=O)Nc4cc(C(F)(F)F)ccc4F)cc3)cc2[nH]1.O=S(=O)(O)O. The number of imidazole rings is 1. The summed E-state index contributed by atoms with van der Waals surface area (Å²) in [5.41, 5.74) is 0.0296. The van der Waals surface area contributed by atoms with E-state index >= 15 is 0 Å². The largest absolute Gasteiger partial charge is 0.453 e. The van der Waals surface area contributed by atoms with Gasteiger partial charge in [-0.1, -0.05) is 11.8 Å². The van der Waals surface area contributed by atoms with Crippen LogP contribution < -0.4 is 16.0 Å². The number of rotatable bonds is 5. The third-order valence-electron chi connectivity index (χ3n) is 4.75. The molecule has 18 heteroatoms. The molecule has 4 aromatic rings. The zero-order valence-electron chi connectivity index (χ0n) is 20.5. The van der Waals surface area contributed by atoms with E-state index < -0.39 is 45.8 Å². The lowest BCUT2D eigenvalue weighted by Crippen LogP contribution is -2.20. The number of carbonyl (C=O) groups is 2. The van der Waals surface area contributed by atoms with Crippen molar-refractivity contribution in [3.8, 4) is 0 Å². The molecule has 1 heterocycles. The van der Waals surface area contributed by atoms with Gasteiger partial charge in [0.05, 0.1) is 29.4 Å². The number of alkyl halides is 3. The number of benzene rings is 3. The Balaban J connectivity index is 0.000000850. The van der Waals surface area contributed by atoms with E-state index in [0.29, 0.717) is 34.9 Å². The number of amides is 3. The summed E-state index contributed by atoms with van der Waals surface area (Å²) in [6.07, 6.45) is -5.32. The number of halogens is 4. The van der Waals surface area contributed by atoms with Crippen LogP contribution in [0.2, 0.25) is 0 Å². The topological polar surface area (TPSA) is 183 Å². The van der Waals surface area contributed by atoms with Crippen LogP contribution in [-0.2, 0) is 21.3 Å². The number of urea groups is 1. The number of aromatic amines is 1. The van der Waals surface area contributed by atoms with Crippen LogP contribution in [0.4, 0.5) is 44.5 Å². The number of nitrogens with one attached hydrogen (secondary N) is 4. The molecule has 12 nitrogen and oxygen atoms in total. The van der Waals surface area contributed by atoms with Gasteiger partial charge in [-0.3, -0.25) is 14.4 Å². The van der Waals surface area contributed by atoms with Crippen molar-refractivity contribution in [3.05, 3.63) is 72.0 Å². The van der Waals surface area contributed by atoms with E-state index in [0.717, 1.165) is 9.79 Å². The third-order valence-corrected chi connectivity index (χ3v) is 5.75. The molecule has 41 heavy (non-hydrogen) atoms. The summed E-state index contributed by atoms with van der Waals surface area (Å²) in [5.74, 6) is -0.745. The summed E-state index contributed by atoms with van der Waals surface area (Å²) in [7, 11) is -3.42. The van der Waals surface area contributed by atoms with Crippen LogP contribution in [-0.4, -0.2) is 46.7 Å². The minimum atomic E-state index is -4.67. The first kappa shape index (κ1) is 31.1. The van der Waals surface area contributed by atoms with Gasteiger partial charge in [-0.05, 0) is 60.7 Å². The lowest BCUT2D eigenvalue weighted by Gasteiger charge is -2.12. The van der Waals surface area contributed by atoms with Gasteiger partial charge in [0.2, 0.25) is 5.95 Å². The predicted octanol–water partition coefficient (Wildman–Crippen LogP) is 6.04. The molecule has 0 aliphatic heterocycles. The highest BCUT2D eigenvalue weighted by molar-refractivity contribution is 7.99. The quantitative estimate of drug-likeness (QED) is 0.115. The van der Waals surface area contributed by atoms with Crippen molar-refractivity contribution >= 4 is 62.6 Å². The maximum atomic E-state index is 13.8. The van der Waals surface area contributed by atoms with Crippen molar-refractivity contribution in [2.45, 2.75) is 16.0 Å². The highest BCUT2D eigenvalue weighted by atomic mass is 32.3. The molecule has 218 valence electrons. The summed E-state index contributed by atoms with van der Waals surface area (Å²) in [6.45, 7) is 0. The second-order valence-electron chi connectivity index (χ2n) is 7.73. The van der Waals surface area contributed by atoms with Crippen LogP contribution >= 0.6 is 11.8 Å². The van der Waals surface area contributed by atoms with Gasteiger partial charge in [-0.25, -0.2) is 19.0 Å². The average Bonchev–Trinajstić information content (AvgIpc) is 3.26. The van der Waals surface area contributed by atoms with Gasteiger partial charge in [0.15, 0.2) is 0 Å². The Morgan fingerprint density at radius 3 is 2.20 bits per heavy atom. The molecule has 3 aromatic carbocycles. The number of methoxy groups -OCH3 is 1. The van der Waals surface area contributed by atoms with Gasteiger partial charge in [0.25, 0.3) is 0 Å². The van der Waals surface area contributed by atoms with Crippen LogP contribution in [0.25, 0.3) is 11.0 Å². The molecule has 3 amide bonds. The van der Waals surface area contributed by atoms with Crippen molar-refractivity contribution < 1.29 is 49.4 Å². The molecule has 4 rings (SSSR count). The minimum Gasteiger partial charge on any atom is -0.453 e. The molecule has 0 atom stereocenters. The van der Waals surface area contributed by atoms with E-state index in [4.69, 9.17) is 17.5 Å². The third kappa shape index (κ3) is 9.94. The molecule has 0 unspecified atom stereocenters. The number of anilines is 3. The fraction of sp³-hybridized carbons (Fsp3) is 0.0870. The molecule has 1 aromatic heterocycles. The van der Waals surface area contributed by atoms with Gasteiger partial charge >= 0.3 is 28.7 Å². The van der Waals surface area contributed by atoms with Gasteiger partial charge < -0.3 is 20.4 Å². The van der Waals surface area contributed by atoms with Gasteiger partial charge in [0.1, 0.15) is 5.82 Å². The van der Waals surface area contributed by atoms with E-state index in [-0.39, 0.29) is 5.95 Å². The monoisotopic (exact) mass is 617 g/mol. The number of carbonyl (C=O) groups excluding carboxylic acids is 2. The van der Waals surface area contributed by atoms with Gasteiger partial charge in [-0.2, -0.15) is 21.6 Å². The fourth-order valence-electron chi connectivity index (χ4n) is 3.08. The van der Waals surface area contributed by atoms with Crippen molar-refractivity contribution in [1.29, 1.82) is 0 Å². The number of H-pyrrole nitrogens is 1. The normalized spacial score (nSPS) is 11.3. The average molecular weight is 618 g/mol. The minimum absolute atomic E-state index is 0.248. The first-order chi connectivity index (χ1) is 19.1. The molecule has 0 radical (unpaired) electrons. The van der Waals surface area contributed by atoms with E-state index in [2.05, 4.69) is 30.7 Å². The van der Waals surface area contributed by atoms with Crippen molar-refractivity contribution in [1.82, 2.24) is 9.97 Å². The lowest BCUT2D eigenvalue weighted by molar-refractivity contribution is -0.137. The number of hydrogen-bond donors (Lipinski definition) is 6. The highest BCUT2D eigenvalue weighted by Crippen LogP contribution is 2.33. The molecule has 0 saturated heterocycles. The maximum absolute atomic E-state index is 13.8. The molecule has 0 spiro atoms. The zero-order valence-corrected chi connectivity index (χ0v) is 22.1. The Morgan fingerprint density at radius 1 is 0.951 bits per heavy atom. The highest BCUT2D eigenvalue weighted by Gasteiger charge is 2.31. The van der Waals surface area contributed by atoms with Crippen LogP contribution in [0.1, 0.15) is 5.56 Å². The van der Waals surface area contributed by atoms with Crippen molar-refractivity contribution in [2.24, 2.45) is 0 Å². The fourth-order valence-corrected chi connectivity index (χ4v) is 3.94. The van der Waals surface area contributed by atoms with E-state index in [1.807, 2.05) is 12.1 Å². The second kappa shape index (κ2) is 12.9. The van der Waals surface area contributed by atoms with Gasteiger partial charge in [0, 0.05) is 15.5 Å². The molecule has 0 bridgehead atoms. The lowest BCUT2D eigenvalue weighted by atomic mass is 10.2. The second-order valence-corrected chi connectivity index (χ2v) is 9.77. The van der Waals surface area contributed by atoms with E-state index in [1.54, 1.807) is 30.3 Å². The van der Waals surface area contributed by atoms with Crippen LogP contribution in [0.15, 0.2) is 70.5 Å². The number of nitrogens with zero attached hydrogens (tertiary/aromatic N) is 1. The Morgan fingerprint density at radius 2 is 1.59 bits per heavy atom. The van der Waals surface area contributed by atoms with Crippen LogP contribution in [0.5, 0.6) is 0 Å². The predicted molar refractivity (Wildman–Crippen MR) is 141 cm³/mol. The van der Waals surface area contributed by atoms with Gasteiger partial charge in [-0.15, -0.1) is 0 Å². The summed E-state index contributed by atoms with van der Waals surface area (Å²) >= 11 is 1.42. The molecular formula is C23H19F4N5O7S2. The Labute approximate surface area is 233 Å². The molecule has 0 aliphatic rings. The van der Waals surface area contributed by atoms with Crippen molar-refractivity contribution in [3.63, 3.8) is 0 Å². The molecule has 6 N–H and O–H groups in total. The first-order valence-electron chi connectivity index (χ1n) is 10.9. The maximum Gasteiger partial charge on any atom is 0.416 e. The molecule has 0 fully saturated rings. The number of ether oxygens (including phenoxy) is 1. The number of fused-ring (bicyclic) bond motifs is 1. The standard InChI is InChI=1S/C23H17F4N5O3S.H2O4S/c1-35-22(34)32-20-29-17-9-7-15(11-19(17)30-20)36-14-5-3-13(4-6-14)28-21(33)31-18-10-12(23(25,26)27)2-8-16(18)24;1-5(2,3)4/h2-11H,1H3,(H2,28,31,33)(H2,29,30,32,34);(H2,1,2,3,4). The van der Waals surface area contributed by atoms with E-state index in [1.165, 1.54) is 18.9 Å². The number of aromatic nitrogens is 2. The van der Waals surface area contributed by atoms with Crippen molar-refractivity contribution in [2.75, 3.05) is 23.1 Å². The number of hydrogen-bond acceptors (Lipinski definition) is 7. The molecule has 0 saturated carbocycles.